The van der Waals surface area contributed by atoms with Crippen LogP contribution < -0.4 is 10.1 Å². The maximum Gasteiger partial charge on any atom is 0.573 e. The Kier molecular flexibility index (Phi) is 4.58. The average Bonchev–Trinajstić information content (AvgIpc) is 2.28. The van der Waals surface area contributed by atoms with Gasteiger partial charge in [-0.15, -0.1) is 13.2 Å². The van der Waals surface area contributed by atoms with Crippen LogP contribution in [-0.4, -0.2) is 12.3 Å². The molecular formula is C12H14F3NO2. The molecule has 0 fully saturated rings. The number of carbonyl (C=O) groups excluding carboxylic acids is 1. The highest BCUT2D eigenvalue weighted by Gasteiger charge is 2.30. The van der Waals surface area contributed by atoms with Gasteiger partial charge in [0.1, 0.15) is 5.75 Å². The number of rotatable bonds is 4. The first kappa shape index (κ1) is 14.3. The topological polar surface area (TPSA) is 38.3 Å². The quantitative estimate of drug-likeness (QED) is 0.899. The van der Waals surface area contributed by atoms with Crippen LogP contribution in [-0.2, 0) is 4.79 Å². The summed E-state index contributed by atoms with van der Waals surface area (Å²) in [5, 5.41) is 2.61. The number of anilines is 1. The first-order valence-corrected chi connectivity index (χ1v) is 5.48. The number of ether oxygens (including phenoxy) is 1. The summed E-state index contributed by atoms with van der Waals surface area (Å²) in [6, 6.07) is 5.03. The molecule has 0 bridgehead atoms. The maximum absolute atomic E-state index is 11.9. The molecule has 1 aromatic rings. The normalized spacial score (nSPS) is 12.9. The molecule has 0 aliphatic carbocycles. The van der Waals surface area contributed by atoms with Crippen molar-refractivity contribution in [1.29, 1.82) is 0 Å². The molecule has 0 aromatic heterocycles. The van der Waals surface area contributed by atoms with Crippen molar-refractivity contribution in [3.63, 3.8) is 0 Å². The largest absolute Gasteiger partial charge is 0.573 e. The fraction of sp³-hybridized carbons (Fsp3) is 0.417. The van der Waals surface area contributed by atoms with Crippen molar-refractivity contribution >= 4 is 11.6 Å². The van der Waals surface area contributed by atoms with Gasteiger partial charge in [0.25, 0.3) is 0 Å². The molecule has 1 amide bonds. The second-order valence-corrected chi connectivity index (χ2v) is 3.87. The second kappa shape index (κ2) is 5.75. The van der Waals surface area contributed by atoms with Crippen LogP contribution in [0.3, 0.4) is 0 Å². The fourth-order valence-electron chi connectivity index (χ4n) is 1.19. The van der Waals surface area contributed by atoms with Crippen LogP contribution >= 0.6 is 0 Å². The van der Waals surface area contributed by atoms with Crippen LogP contribution in [0.15, 0.2) is 24.3 Å². The van der Waals surface area contributed by atoms with Gasteiger partial charge >= 0.3 is 6.36 Å². The van der Waals surface area contributed by atoms with E-state index in [9.17, 15) is 18.0 Å². The first-order chi connectivity index (χ1) is 8.31. The number of amides is 1. The minimum absolute atomic E-state index is 0.142. The second-order valence-electron chi connectivity index (χ2n) is 3.87. The van der Waals surface area contributed by atoms with Crippen LogP contribution in [0, 0.1) is 5.92 Å². The Balaban J connectivity index is 2.63. The molecule has 3 nitrogen and oxygen atoms in total. The molecule has 0 radical (unpaired) electrons. The molecule has 1 aromatic carbocycles. The summed E-state index contributed by atoms with van der Waals surface area (Å²) in [4.78, 5) is 11.5. The van der Waals surface area contributed by atoms with Gasteiger partial charge in [0.05, 0.1) is 0 Å². The zero-order valence-electron chi connectivity index (χ0n) is 10.0. The Hall–Kier alpha value is -1.72. The number of hydrogen-bond donors (Lipinski definition) is 1. The zero-order chi connectivity index (χ0) is 13.8. The number of nitrogens with one attached hydrogen (secondary N) is 1. The number of halogens is 3. The highest BCUT2D eigenvalue weighted by atomic mass is 19.4. The number of benzene rings is 1. The van der Waals surface area contributed by atoms with Crippen LogP contribution in [0.5, 0.6) is 5.75 Å². The number of alkyl halides is 3. The lowest BCUT2D eigenvalue weighted by molar-refractivity contribution is -0.274. The van der Waals surface area contributed by atoms with Gasteiger partial charge in [0.2, 0.25) is 5.91 Å². The molecule has 1 atom stereocenters. The van der Waals surface area contributed by atoms with E-state index in [1.54, 1.807) is 6.92 Å². The monoisotopic (exact) mass is 261 g/mol. The summed E-state index contributed by atoms with van der Waals surface area (Å²) in [6.07, 6.45) is -4.01. The average molecular weight is 261 g/mol. The molecule has 1 N–H and O–H groups in total. The molecule has 100 valence electrons. The number of carbonyl (C=O) groups is 1. The minimum atomic E-state index is -4.71. The minimum Gasteiger partial charge on any atom is -0.406 e. The van der Waals surface area contributed by atoms with E-state index in [1.807, 2.05) is 6.92 Å². The van der Waals surface area contributed by atoms with Crippen LogP contribution in [0.25, 0.3) is 0 Å². The predicted octanol–water partition coefficient (Wildman–Crippen LogP) is 3.57. The van der Waals surface area contributed by atoms with E-state index < -0.39 is 6.36 Å². The molecule has 6 heteroatoms. The van der Waals surface area contributed by atoms with E-state index in [-0.39, 0.29) is 17.6 Å². The van der Waals surface area contributed by atoms with Gasteiger partial charge in [0, 0.05) is 11.6 Å². The zero-order valence-corrected chi connectivity index (χ0v) is 10.0. The summed E-state index contributed by atoms with van der Waals surface area (Å²) >= 11 is 0. The van der Waals surface area contributed by atoms with Crippen LogP contribution in [0.4, 0.5) is 18.9 Å². The van der Waals surface area contributed by atoms with Crippen molar-refractivity contribution < 1.29 is 22.7 Å². The van der Waals surface area contributed by atoms with Gasteiger partial charge in [-0.05, 0) is 30.7 Å². The lowest BCUT2D eigenvalue weighted by Gasteiger charge is -2.11. The summed E-state index contributed by atoms with van der Waals surface area (Å²) in [7, 11) is 0. The summed E-state index contributed by atoms with van der Waals surface area (Å²) in [6.45, 7) is 3.65. The molecule has 0 aliphatic heterocycles. The van der Waals surface area contributed by atoms with Crippen LogP contribution in [0.1, 0.15) is 20.3 Å². The van der Waals surface area contributed by atoms with Gasteiger partial charge in [-0.2, -0.15) is 0 Å². The van der Waals surface area contributed by atoms with E-state index >= 15 is 0 Å². The van der Waals surface area contributed by atoms with E-state index in [0.717, 1.165) is 12.1 Å². The molecule has 0 spiro atoms. The van der Waals surface area contributed by atoms with Crippen molar-refractivity contribution in [2.75, 3.05) is 5.32 Å². The van der Waals surface area contributed by atoms with Crippen molar-refractivity contribution in [1.82, 2.24) is 0 Å². The Morgan fingerprint density at radius 1 is 1.33 bits per heavy atom. The Morgan fingerprint density at radius 3 is 2.33 bits per heavy atom. The third-order valence-electron chi connectivity index (χ3n) is 2.42. The standard InChI is InChI=1S/C12H14F3NO2/c1-3-8(2)11(17)16-9-4-6-10(7-5-9)18-12(13,14)15/h4-8H,3H2,1-2H3,(H,16,17). The van der Waals surface area contributed by atoms with Gasteiger partial charge < -0.3 is 10.1 Å². The van der Waals surface area contributed by atoms with Crippen molar-refractivity contribution in [3.8, 4) is 5.75 Å². The van der Waals surface area contributed by atoms with Crippen molar-refractivity contribution in [2.45, 2.75) is 26.6 Å². The Morgan fingerprint density at radius 2 is 1.89 bits per heavy atom. The molecular weight excluding hydrogens is 247 g/mol. The van der Waals surface area contributed by atoms with E-state index in [4.69, 9.17) is 0 Å². The highest BCUT2D eigenvalue weighted by Crippen LogP contribution is 2.24. The molecule has 0 saturated heterocycles. The van der Waals surface area contributed by atoms with Crippen LogP contribution in [0.2, 0.25) is 0 Å². The maximum atomic E-state index is 11.9. The first-order valence-electron chi connectivity index (χ1n) is 5.48. The van der Waals surface area contributed by atoms with E-state index in [1.165, 1.54) is 12.1 Å². The third kappa shape index (κ3) is 4.65. The van der Waals surface area contributed by atoms with Gasteiger partial charge in [-0.3, -0.25) is 4.79 Å². The Labute approximate surface area is 103 Å². The Bertz CT molecular complexity index is 401. The molecule has 0 aliphatic rings. The van der Waals surface area contributed by atoms with Crippen molar-refractivity contribution in [3.05, 3.63) is 24.3 Å². The van der Waals surface area contributed by atoms with Gasteiger partial charge in [-0.25, -0.2) is 0 Å². The smallest absolute Gasteiger partial charge is 0.406 e. The fourth-order valence-corrected chi connectivity index (χ4v) is 1.19. The third-order valence-corrected chi connectivity index (χ3v) is 2.42. The SMILES string of the molecule is CCC(C)C(=O)Nc1ccc(OC(F)(F)F)cc1. The molecule has 1 unspecified atom stereocenters. The van der Waals surface area contributed by atoms with E-state index in [2.05, 4.69) is 10.1 Å². The predicted molar refractivity (Wildman–Crippen MR) is 61.2 cm³/mol. The summed E-state index contributed by atoms with van der Waals surface area (Å²) in [5.74, 6) is -0.623. The molecule has 0 saturated carbocycles. The number of hydrogen-bond acceptors (Lipinski definition) is 2. The lowest BCUT2D eigenvalue weighted by atomic mass is 10.1. The summed E-state index contributed by atoms with van der Waals surface area (Å²) in [5.41, 5.74) is 0.440. The molecule has 1 rings (SSSR count). The lowest BCUT2D eigenvalue weighted by Crippen LogP contribution is -2.19. The summed E-state index contributed by atoms with van der Waals surface area (Å²) < 4.78 is 39.5. The van der Waals surface area contributed by atoms with Gasteiger partial charge in [-0.1, -0.05) is 13.8 Å². The van der Waals surface area contributed by atoms with Crippen molar-refractivity contribution in [2.24, 2.45) is 5.92 Å². The molecule has 0 heterocycles. The van der Waals surface area contributed by atoms with E-state index in [0.29, 0.717) is 12.1 Å². The molecule has 18 heavy (non-hydrogen) atoms. The van der Waals surface area contributed by atoms with Gasteiger partial charge in [0.15, 0.2) is 0 Å². The highest BCUT2D eigenvalue weighted by molar-refractivity contribution is 5.92.